The Kier molecular flexibility index (Phi) is 4.43. The van der Waals surface area contributed by atoms with Crippen molar-refractivity contribution in [1.82, 2.24) is 19.7 Å². The van der Waals surface area contributed by atoms with Crippen molar-refractivity contribution in [3.05, 3.63) is 64.6 Å². The minimum Gasteiger partial charge on any atom is -0.463 e. The van der Waals surface area contributed by atoms with Crippen LogP contribution in [0.25, 0.3) is 17.1 Å². The van der Waals surface area contributed by atoms with Crippen molar-refractivity contribution < 1.29 is 14.0 Å². The molecule has 0 atom stereocenters. The van der Waals surface area contributed by atoms with Gasteiger partial charge >= 0.3 is 0 Å². The Balaban J connectivity index is 1.68. The van der Waals surface area contributed by atoms with Crippen LogP contribution in [0.15, 0.2) is 52.7 Å². The summed E-state index contributed by atoms with van der Waals surface area (Å²) >= 11 is 1.64. The van der Waals surface area contributed by atoms with Gasteiger partial charge in [0.05, 0.1) is 12.0 Å². The van der Waals surface area contributed by atoms with Crippen molar-refractivity contribution in [3.63, 3.8) is 0 Å². The van der Waals surface area contributed by atoms with Crippen LogP contribution in [0.5, 0.6) is 0 Å². The Bertz CT molecular complexity index is 1100. The summed E-state index contributed by atoms with van der Waals surface area (Å²) in [6.45, 7) is 0.476. The number of fused-ring (bicyclic) bond motifs is 1. The molecule has 0 radical (unpaired) electrons. The lowest BCUT2D eigenvalue weighted by Gasteiger charge is -2.08. The molecule has 4 aromatic heterocycles. The molecule has 4 rings (SSSR count). The second kappa shape index (κ2) is 7.04. The number of nitrogens with one attached hydrogen (secondary N) is 1. The molecule has 0 saturated heterocycles. The van der Waals surface area contributed by atoms with E-state index in [-0.39, 0.29) is 22.9 Å². The number of furan rings is 1. The number of amides is 2. The van der Waals surface area contributed by atoms with Crippen LogP contribution >= 0.6 is 11.3 Å². The molecule has 0 spiro atoms. The Labute approximate surface area is 157 Å². The molecular formula is C18H15N5O3S. The number of primary amides is 1. The fourth-order valence-corrected chi connectivity index (χ4v) is 3.43. The van der Waals surface area contributed by atoms with Gasteiger partial charge in [0.1, 0.15) is 12.0 Å². The van der Waals surface area contributed by atoms with E-state index in [9.17, 15) is 9.59 Å². The first kappa shape index (κ1) is 17.0. The van der Waals surface area contributed by atoms with Crippen molar-refractivity contribution in [1.29, 1.82) is 0 Å². The lowest BCUT2D eigenvalue weighted by molar-refractivity contribution is 0.0947. The Morgan fingerprint density at radius 2 is 2.19 bits per heavy atom. The van der Waals surface area contributed by atoms with Gasteiger partial charge in [-0.3, -0.25) is 14.0 Å². The van der Waals surface area contributed by atoms with Gasteiger partial charge in [-0.2, -0.15) is 0 Å². The van der Waals surface area contributed by atoms with Crippen molar-refractivity contribution in [3.8, 4) is 11.5 Å². The minimum absolute atomic E-state index is 0.00367. The molecular weight excluding hydrogens is 366 g/mol. The molecule has 136 valence electrons. The molecule has 0 bridgehead atoms. The van der Waals surface area contributed by atoms with Crippen LogP contribution in [0.2, 0.25) is 0 Å². The lowest BCUT2D eigenvalue weighted by Crippen LogP contribution is -2.27. The maximum absolute atomic E-state index is 12.6. The molecule has 9 heteroatoms. The molecule has 8 nitrogen and oxygen atoms in total. The first-order chi connectivity index (χ1) is 13.1. The number of carbonyl (C=O) groups is 2. The van der Waals surface area contributed by atoms with Crippen LogP contribution in [-0.2, 0) is 6.42 Å². The number of imidazole rings is 1. The van der Waals surface area contributed by atoms with Crippen molar-refractivity contribution in [2.75, 3.05) is 6.54 Å². The van der Waals surface area contributed by atoms with Crippen molar-refractivity contribution in [2.24, 2.45) is 5.73 Å². The monoisotopic (exact) mass is 381 g/mol. The summed E-state index contributed by atoms with van der Waals surface area (Å²) in [6, 6.07) is 9.06. The summed E-state index contributed by atoms with van der Waals surface area (Å²) in [7, 11) is 0. The number of hydrogen-bond acceptors (Lipinski definition) is 6. The topological polar surface area (TPSA) is 116 Å². The van der Waals surface area contributed by atoms with E-state index in [0.29, 0.717) is 18.0 Å². The predicted octanol–water partition coefficient (Wildman–Crippen LogP) is 2.12. The van der Waals surface area contributed by atoms with Gasteiger partial charge in [-0.25, -0.2) is 9.97 Å². The predicted molar refractivity (Wildman–Crippen MR) is 99.6 cm³/mol. The largest absolute Gasteiger partial charge is 0.463 e. The number of carbonyl (C=O) groups excluding carboxylic acids is 2. The Morgan fingerprint density at radius 1 is 1.30 bits per heavy atom. The molecule has 4 heterocycles. The van der Waals surface area contributed by atoms with Crippen molar-refractivity contribution in [2.45, 2.75) is 6.42 Å². The van der Waals surface area contributed by atoms with Crippen LogP contribution in [0.1, 0.15) is 25.9 Å². The molecule has 0 aliphatic rings. The second-order valence-corrected chi connectivity index (χ2v) is 6.77. The third-order valence-electron chi connectivity index (χ3n) is 3.98. The van der Waals surface area contributed by atoms with Crippen LogP contribution in [0.3, 0.4) is 0 Å². The summed E-state index contributed by atoms with van der Waals surface area (Å²) < 4.78 is 7.01. The minimum atomic E-state index is -0.717. The lowest BCUT2D eigenvalue weighted by atomic mass is 10.2. The Hall–Kier alpha value is -3.46. The molecule has 0 aliphatic carbocycles. The maximum Gasteiger partial charge on any atom is 0.271 e. The van der Waals surface area contributed by atoms with Gasteiger partial charge in [0.15, 0.2) is 17.1 Å². The molecule has 3 N–H and O–H groups in total. The zero-order chi connectivity index (χ0) is 18.8. The fraction of sp³-hybridized carbons (Fsp3) is 0.111. The highest BCUT2D eigenvalue weighted by Crippen LogP contribution is 2.23. The normalized spacial score (nSPS) is 11.0. The highest BCUT2D eigenvalue weighted by Gasteiger charge is 2.19. The van der Waals surface area contributed by atoms with E-state index in [4.69, 9.17) is 10.2 Å². The molecule has 0 fully saturated rings. The van der Waals surface area contributed by atoms with Crippen LogP contribution in [0, 0.1) is 0 Å². The molecule has 4 aromatic rings. The smallest absolute Gasteiger partial charge is 0.271 e. The Morgan fingerprint density at radius 3 is 2.89 bits per heavy atom. The highest BCUT2D eigenvalue weighted by molar-refractivity contribution is 7.09. The molecule has 0 aliphatic heterocycles. The van der Waals surface area contributed by atoms with E-state index in [0.717, 1.165) is 6.42 Å². The number of nitrogens with zero attached hydrogens (tertiary/aromatic N) is 3. The van der Waals surface area contributed by atoms with Crippen LogP contribution in [0.4, 0.5) is 0 Å². The van der Waals surface area contributed by atoms with E-state index in [1.165, 1.54) is 17.5 Å². The van der Waals surface area contributed by atoms with Crippen LogP contribution < -0.4 is 11.1 Å². The van der Waals surface area contributed by atoms with Gasteiger partial charge in [0, 0.05) is 11.4 Å². The first-order valence-electron chi connectivity index (χ1n) is 8.16. The maximum atomic E-state index is 12.6. The third-order valence-corrected chi connectivity index (χ3v) is 4.91. The number of rotatable bonds is 6. The van der Waals surface area contributed by atoms with E-state index in [2.05, 4.69) is 15.3 Å². The summed E-state index contributed by atoms with van der Waals surface area (Å²) in [5.41, 5.74) is 6.29. The van der Waals surface area contributed by atoms with Gasteiger partial charge in [0.25, 0.3) is 11.8 Å². The molecule has 27 heavy (non-hydrogen) atoms. The summed E-state index contributed by atoms with van der Waals surface area (Å²) in [5, 5.41) is 4.84. The summed E-state index contributed by atoms with van der Waals surface area (Å²) in [4.78, 5) is 33.7. The summed E-state index contributed by atoms with van der Waals surface area (Å²) in [5.74, 6) is -0.549. The number of thiophene rings is 1. The molecule has 0 unspecified atom stereocenters. The quantitative estimate of drug-likeness (QED) is 0.531. The second-order valence-electron chi connectivity index (χ2n) is 5.74. The molecule has 0 saturated carbocycles. The average Bonchev–Trinajstić information content (AvgIpc) is 3.41. The number of aromatic nitrogens is 3. The van der Waals surface area contributed by atoms with Gasteiger partial charge < -0.3 is 15.5 Å². The zero-order valence-electron chi connectivity index (χ0n) is 14.1. The fourth-order valence-electron chi connectivity index (χ4n) is 2.72. The van der Waals surface area contributed by atoms with Gasteiger partial charge in [-0.05, 0) is 36.1 Å². The highest BCUT2D eigenvalue weighted by atomic mass is 32.1. The first-order valence-corrected chi connectivity index (χ1v) is 9.04. The van der Waals surface area contributed by atoms with E-state index < -0.39 is 5.91 Å². The van der Waals surface area contributed by atoms with E-state index >= 15 is 0 Å². The third kappa shape index (κ3) is 3.32. The van der Waals surface area contributed by atoms with Crippen molar-refractivity contribution >= 4 is 28.8 Å². The standard InChI is InChI=1S/C18H15N5O3S/c19-16(24)15-17-22-12(18(25)20-6-5-11-3-2-8-27-11)9-13(23(17)10-21-15)14-4-1-7-26-14/h1-4,7-10H,5-6H2,(H2,19,24)(H,20,25). The SMILES string of the molecule is NC(=O)c1ncn2c(-c3ccco3)cc(C(=O)NCCc3cccs3)nc12. The average molecular weight is 381 g/mol. The number of hydrogen-bond donors (Lipinski definition) is 2. The van der Waals surface area contributed by atoms with Gasteiger partial charge in [-0.1, -0.05) is 6.07 Å². The zero-order valence-corrected chi connectivity index (χ0v) is 14.9. The van der Waals surface area contributed by atoms with E-state index in [1.54, 1.807) is 33.9 Å². The van der Waals surface area contributed by atoms with Gasteiger partial charge in [0.2, 0.25) is 0 Å². The number of nitrogens with two attached hydrogens (primary N) is 1. The van der Waals surface area contributed by atoms with E-state index in [1.807, 2.05) is 17.5 Å². The van der Waals surface area contributed by atoms with Crippen LogP contribution in [-0.4, -0.2) is 32.7 Å². The molecule has 2 amide bonds. The molecule has 0 aromatic carbocycles. The van der Waals surface area contributed by atoms with Gasteiger partial charge in [-0.15, -0.1) is 11.3 Å². The summed E-state index contributed by atoms with van der Waals surface area (Å²) in [6.07, 6.45) is 3.68.